The van der Waals surface area contributed by atoms with E-state index >= 15 is 0 Å². The Kier molecular flexibility index (Phi) is 3.86. The van der Waals surface area contributed by atoms with E-state index in [0.29, 0.717) is 10.8 Å². The van der Waals surface area contributed by atoms with Crippen molar-refractivity contribution in [2.24, 2.45) is 22.7 Å². The summed E-state index contributed by atoms with van der Waals surface area (Å²) in [4.78, 5) is 0. The summed E-state index contributed by atoms with van der Waals surface area (Å²) in [6.45, 7) is 15.7. The maximum atomic E-state index is 5.06. The summed E-state index contributed by atoms with van der Waals surface area (Å²) in [5.74, 6) is 1.86. The largest absolute Gasteiger partial charge is 0.381 e. The fraction of sp³-hybridized carbons (Fsp3) is 1.00. The molecule has 0 atom stereocenters. The Labute approximate surface area is 95.6 Å². The molecule has 1 heterocycles. The van der Waals surface area contributed by atoms with Crippen molar-refractivity contribution in [3.8, 4) is 0 Å². The second kappa shape index (κ2) is 4.45. The Morgan fingerprint density at radius 1 is 0.733 bits per heavy atom. The van der Waals surface area contributed by atoms with E-state index in [1.807, 2.05) is 0 Å². The summed E-state index contributed by atoms with van der Waals surface area (Å²) in [6, 6.07) is 0. The van der Waals surface area contributed by atoms with Crippen LogP contribution < -0.4 is 0 Å². The maximum absolute atomic E-state index is 5.06. The smallest absolute Gasteiger partial charge is 0.0521 e. The normalized spacial score (nSPS) is 22.8. The van der Waals surface area contributed by atoms with Gasteiger partial charge in [-0.25, -0.2) is 0 Å². The van der Waals surface area contributed by atoms with Gasteiger partial charge >= 0.3 is 0 Å². The maximum Gasteiger partial charge on any atom is 0.0521 e. The molecule has 1 heteroatoms. The molecular formula is C14H28O. The lowest BCUT2D eigenvalue weighted by molar-refractivity contribution is -0.0821. The van der Waals surface area contributed by atoms with Gasteiger partial charge in [0, 0.05) is 5.92 Å². The van der Waals surface area contributed by atoms with Crippen LogP contribution in [-0.2, 0) is 4.74 Å². The Morgan fingerprint density at radius 2 is 1.13 bits per heavy atom. The first-order valence-electron chi connectivity index (χ1n) is 6.29. The summed E-state index contributed by atoms with van der Waals surface area (Å²) in [7, 11) is 0. The number of hydrogen-bond donors (Lipinski definition) is 0. The van der Waals surface area contributed by atoms with E-state index in [9.17, 15) is 0 Å². The molecule has 1 nitrogen and oxygen atoms in total. The molecule has 15 heavy (non-hydrogen) atoms. The van der Waals surface area contributed by atoms with Crippen LogP contribution >= 0.6 is 0 Å². The van der Waals surface area contributed by atoms with Crippen LogP contribution in [0.5, 0.6) is 0 Å². The number of hydrogen-bond acceptors (Lipinski definition) is 1. The third-order valence-electron chi connectivity index (χ3n) is 3.66. The van der Waals surface area contributed by atoms with Gasteiger partial charge in [-0.2, -0.15) is 0 Å². The molecule has 90 valence electrons. The Hall–Kier alpha value is -0.0400. The van der Waals surface area contributed by atoms with Crippen LogP contribution in [0.3, 0.4) is 0 Å². The third kappa shape index (κ3) is 4.55. The molecule has 1 aliphatic heterocycles. The zero-order chi connectivity index (χ0) is 11.7. The van der Waals surface area contributed by atoms with Crippen molar-refractivity contribution >= 4 is 0 Å². The molecule has 1 saturated heterocycles. The van der Waals surface area contributed by atoms with Gasteiger partial charge in [-0.1, -0.05) is 41.5 Å². The zero-order valence-electron chi connectivity index (χ0n) is 11.4. The van der Waals surface area contributed by atoms with Gasteiger partial charge in [0.2, 0.25) is 0 Å². The quantitative estimate of drug-likeness (QED) is 0.587. The summed E-state index contributed by atoms with van der Waals surface area (Å²) in [5.41, 5.74) is 1.08. The first-order chi connectivity index (χ1) is 6.71. The second-order valence-electron chi connectivity index (χ2n) is 7.24. The monoisotopic (exact) mass is 212 g/mol. The second-order valence-corrected chi connectivity index (χ2v) is 7.24. The predicted molar refractivity (Wildman–Crippen MR) is 65.9 cm³/mol. The summed E-state index contributed by atoms with van der Waals surface area (Å²) >= 11 is 0. The van der Waals surface area contributed by atoms with E-state index in [2.05, 4.69) is 41.5 Å². The van der Waals surface area contributed by atoms with Crippen LogP contribution in [0.25, 0.3) is 0 Å². The topological polar surface area (TPSA) is 9.23 Å². The predicted octanol–water partition coefficient (Wildman–Crippen LogP) is 4.12. The van der Waals surface area contributed by atoms with Crippen molar-refractivity contribution in [1.29, 1.82) is 0 Å². The molecule has 0 aromatic rings. The zero-order valence-corrected chi connectivity index (χ0v) is 11.4. The van der Waals surface area contributed by atoms with Crippen molar-refractivity contribution in [2.45, 2.75) is 54.4 Å². The van der Waals surface area contributed by atoms with E-state index in [4.69, 9.17) is 4.74 Å². The van der Waals surface area contributed by atoms with Crippen LogP contribution in [-0.4, -0.2) is 13.2 Å². The molecule has 0 bridgehead atoms. The minimum absolute atomic E-state index is 0.470. The average Bonchev–Trinajstić information content (AvgIpc) is 2.53. The first-order valence-corrected chi connectivity index (χ1v) is 6.29. The average molecular weight is 212 g/mol. The molecule has 0 aromatic carbocycles. The number of rotatable bonds is 0. The van der Waals surface area contributed by atoms with Gasteiger partial charge in [-0.05, 0) is 29.6 Å². The highest BCUT2D eigenvalue weighted by Crippen LogP contribution is 2.44. The molecule has 0 N–H and O–H groups in total. The van der Waals surface area contributed by atoms with Crippen molar-refractivity contribution < 1.29 is 4.74 Å². The Bertz CT molecular complexity index is 186. The van der Waals surface area contributed by atoms with E-state index < -0.39 is 0 Å². The molecule has 2 rings (SSSR count). The highest BCUT2D eigenvalue weighted by atomic mass is 16.5. The fourth-order valence-corrected chi connectivity index (χ4v) is 1.69. The van der Waals surface area contributed by atoms with E-state index in [1.54, 1.807) is 0 Å². The molecule has 2 aliphatic rings. The molecule has 1 saturated carbocycles. The summed E-state index contributed by atoms with van der Waals surface area (Å²) < 4.78 is 5.06. The van der Waals surface area contributed by atoms with Gasteiger partial charge in [0.05, 0.1) is 13.2 Å². The van der Waals surface area contributed by atoms with Crippen LogP contribution in [0.15, 0.2) is 0 Å². The van der Waals surface area contributed by atoms with Crippen molar-refractivity contribution in [3.63, 3.8) is 0 Å². The molecule has 0 radical (unpaired) electrons. The molecule has 1 aliphatic carbocycles. The van der Waals surface area contributed by atoms with Crippen LogP contribution in [0.2, 0.25) is 0 Å². The van der Waals surface area contributed by atoms with Crippen molar-refractivity contribution in [2.75, 3.05) is 13.2 Å². The van der Waals surface area contributed by atoms with Gasteiger partial charge in [-0.15, -0.1) is 0 Å². The van der Waals surface area contributed by atoms with Crippen molar-refractivity contribution in [1.82, 2.24) is 0 Å². The van der Waals surface area contributed by atoms with Crippen LogP contribution in [0.1, 0.15) is 54.4 Å². The van der Waals surface area contributed by atoms with Gasteiger partial charge in [0.25, 0.3) is 0 Å². The van der Waals surface area contributed by atoms with Gasteiger partial charge in [0.1, 0.15) is 0 Å². The summed E-state index contributed by atoms with van der Waals surface area (Å²) in [6.07, 6.45) is 2.95. The molecular weight excluding hydrogens is 184 g/mol. The van der Waals surface area contributed by atoms with Gasteiger partial charge < -0.3 is 4.74 Å². The summed E-state index contributed by atoms with van der Waals surface area (Å²) in [5, 5.41) is 0. The minimum Gasteiger partial charge on any atom is -0.381 e. The molecule has 0 unspecified atom stereocenters. The van der Waals surface area contributed by atoms with Crippen LogP contribution in [0.4, 0.5) is 0 Å². The Morgan fingerprint density at radius 3 is 1.13 bits per heavy atom. The van der Waals surface area contributed by atoms with E-state index in [0.717, 1.165) is 25.0 Å². The Balaban J connectivity index is 0.000000151. The van der Waals surface area contributed by atoms with Crippen molar-refractivity contribution in [3.05, 3.63) is 0 Å². The fourth-order valence-electron chi connectivity index (χ4n) is 1.69. The molecule has 0 aromatic heterocycles. The third-order valence-corrected chi connectivity index (χ3v) is 3.66. The molecule has 2 fully saturated rings. The lowest BCUT2D eigenvalue weighted by atomic mass is 9.80. The number of ether oxygens (including phenoxy) is 1. The highest BCUT2D eigenvalue weighted by Gasteiger charge is 2.33. The minimum atomic E-state index is 0.470. The molecule has 0 amide bonds. The van der Waals surface area contributed by atoms with E-state index in [-0.39, 0.29) is 0 Å². The lowest BCUT2D eigenvalue weighted by Gasteiger charge is -2.37. The first kappa shape index (κ1) is 13.0. The van der Waals surface area contributed by atoms with Crippen LogP contribution in [0, 0.1) is 22.7 Å². The molecule has 0 spiro atoms. The standard InChI is InChI=1S/C7H14O.C7H14/c1-7(2,3)6-4-8-5-6;1-7(2,3)6-4-5-6/h6H,4-5H2,1-3H3;6H,4-5H2,1-3H3. The van der Waals surface area contributed by atoms with Gasteiger partial charge in [0.15, 0.2) is 0 Å². The lowest BCUT2D eigenvalue weighted by Crippen LogP contribution is -2.37. The SMILES string of the molecule is CC(C)(C)C1CC1.CC(C)(C)C1COC1. The van der Waals surface area contributed by atoms with Gasteiger partial charge in [-0.3, -0.25) is 0 Å². The highest BCUT2D eigenvalue weighted by molar-refractivity contribution is 4.84. The van der Waals surface area contributed by atoms with E-state index in [1.165, 1.54) is 12.8 Å².